The van der Waals surface area contributed by atoms with E-state index in [9.17, 15) is 4.79 Å². The Morgan fingerprint density at radius 2 is 2.16 bits per heavy atom. The van der Waals surface area contributed by atoms with Crippen molar-refractivity contribution in [1.82, 2.24) is 14.9 Å². The molecule has 0 aliphatic carbocycles. The van der Waals surface area contributed by atoms with Gasteiger partial charge >= 0.3 is 0 Å². The highest BCUT2D eigenvalue weighted by Gasteiger charge is 2.19. The molecule has 0 amide bonds. The fraction of sp³-hybridized carbons (Fsp3) is 0.368. The lowest BCUT2D eigenvalue weighted by molar-refractivity contribution is 0.239. The number of thiophene rings is 1. The van der Waals surface area contributed by atoms with E-state index >= 15 is 0 Å². The molecule has 6 heteroatoms. The molecule has 2 aromatic heterocycles. The molecule has 1 N–H and O–H groups in total. The van der Waals surface area contributed by atoms with Gasteiger partial charge in [0.15, 0.2) is 0 Å². The summed E-state index contributed by atoms with van der Waals surface area (Å²) >= 11 is 1.60. The third-order valence-electron chi connectivity index (χ3n) is 4.97. The lowest BCUT2D eigenvalue weighted by Gasteiger charge is -2.28. The molecule has 0 saturated carbocycles. The maximum absolute atomic E-state index is 12.4. The normalized spacial score (nSPS) is 14.7. The Labute approximate surface area is 150 Å². The van der Waals surface area contributed by atoms with Gasteiger partial charge in [0.25, 0.3) is 5.56 Å². The smallest absolute Gasteiger partial charge is 0.259 e. The number of aromatic nitrogens is 2. The van der Waals surface area contributed by atoms with Gasteiger partial charge in [-0.15, -0.1) is 11.3 Å². The average molecular weight is 355 g/mol. The molecule has 1 aliphatic rings. The quantitative estimate of drug-likeness (QED) is 0.784. The fourth-order valence-electron chi connectivity index (χ4n) is 3.44. The topological polar surface area (TPSA) is 58.2 Å². The predicted octanol–water partition coefficient (Wildman–Crippen LogP) is 3.17. The number of benzene rings is 1. The number of H-pyrrole nitrogens is 1. The van der Waals surface area contributed by atoms with Crippen LogP contribution in [0, 0.1) is 13.8 Å². The van der Waals surface area contributed by atoms with Crippen molar-refractivity contribution in [1.29, 1.82) is 0 Å². The lowest BCUT2D eigenvalue weighted by Crippen LogP contribution is -2.31. The van der Waals surface area contributed by atoms with Gasteiger partial charge < -0.3 is 9.72 Å². The van der Waals surface area contributed by atoms with Crippen LogP contribution < -0.4 is 10.3 Å². The molecule has 0 bridgehead atoms. The van der Waals surface area contributed by atoms with Crippen molar-refractivity contribution in [2.24, 2.45) is 0 Å². The summed E-state index contributed by atoms with van der Waals surface area (Å²) in [5.74, 6) is 1.63. The van der Waals surface area contributed by atoms with Gasteiger partial charge in [-0.2, -0.15) is 0 Å². The lowest BCUT2D eigenvalue weighted by atomic mass is 9.99. The zero-order valence-electron chi connectivity index (χ0n) is 14.7. The first-order valence-corrected chi connectivity index (χ1v) is 9.24. The second kappa shape index (κ2) is 6.28. The monoisotopic (exact) mass is 355 g/mol. The highest BCUT2D eigenvalue weighted by Crippen LogP contribution is 2.27. The number of fused-ring (bicyclic) bond motifs is 2. The number of aryl methyl sites for hydroxylation is 2. The molecule has 1 aliphatic heterocycles. The molecule has 3 heterocycles. The highest BCUT2D eigenvalue weighted by atomic mass is 32.1. The molecule has 1 aromatic carbocycles. The summed E-state index contributed by atoms with van der Waals surface area (Å²) in [5, 5.41) is 0.736. The van der Waals surface area contributed by atoms with E-state index < -0.39 is 0 Å². The molecule has 0 atom stereocenters. The molecule has 4 rings (SSSR count). The van der Waals surface area contributed by atoms with Gasteiger partial charge in [0, 0.05) is 18.0 Å². The Morgan fingerprint density at radius 1 is 1.32 bits per heavy atom. The zero-order valence-corrected chi connectivity index (χ0v) is 15.5. The first kappa shape index (κ1) is 16.3. The van der Waals surface area contributed by atoms with Crippen LogP contribution in [0.3, 0.4) is 0 Å². The summed E-state index contributed by atoms with van der Waals surface area (Å²) in [6.07, 6.45) is 1.00. The van der Waals surface area contributed by atoms with Crippen LogP contribution in [0.4, 0.5) is 0 Å². The van der Waals surface area contributed by atoms with E-state index in [0.29, 0.717) is 6.54 Å². The first-order valence-electron chi connectivity index (χ1n) is 8.42. The van der Waals surface area contributed by atoms with E-state index in [2.05, 4.69) is 22.0 Å². The van der Waals surface area contributed by atoms with E-state index in [1.807, 2.05) is 19.9 Å². The maximum Gasteiger partial charge on any atom is 0.259 e. The Hall–Kier alpha value is -2.18. The molecule has 0 radical (unpaired) electrons. The predicted molar refractivity (Wildman–Crippen MR) is 101 cm³/mol. The van der Waals surface area contributed by atoms with Gasteiger partial charge in [-0.25, -0.2) is 4.98 Å². The summed E-state index contributed by atoms with van der Waals surface area (Å²) < 4.78 is 5.33. The van der Waals surface area contributed by atoms with Crippen LogP contribution >= 0.6 is 11.3 Å². The SMILES string of the molecule is COc1ccc2c(c1)CN(Cc1nc3sc(C)c(C)c3c(=O)[nH]1)CC2. The van der Waals surface area contributed by atoms with Gasteiger partial charge in [0.1, 0.15) is 16.4 Å². The standard InChI is InChI=1S/C19H21N3O2S/c1-11-12(2)25-19-17(11)18(23)20-16(21-19)10-22-7-6-13-4-5-15(24-3)8-14(13)9-22/h4-5,8H,6-7,9-10H2,1-3H3,(H,20,21,23). The summed E-state index contributed by atoms with van der Waals surface area (Å²) in [7, 11) is 1.69. The van der Waals surface area contributed by atoms with Crippen LogP contribution in [-0.4, -0.2) is 28.5 Å². The van der Waals surface area contributed by atoms with Gasteiger partial charge in [0.2, 0.25) is 0 Å². The number of hydrogen-bond donors (Lipinski definition) is 1. The molecular weight excluding hydrogens is 334 g/mol. The van der Waals surface area contributed by atoms with Crippen molar-refractivity contribution < 1.29 is 4.74 Å². The number of nitrogens with zero attached hydrogens (tertiary/aromatic N) is 2. The van der Waals surface area contributed by atoms with Crippen LogP contribution in [0.25, 0.3) is 10.2 Å². The highest BCUT2D eigenvalue weighted by molar-refractivity contribution is 7.18. The van der Waals surface area contributed by atoms with Crippen molar-refractivity contribution in [2.45, 2.75) is 33.4 Å². The summed E-state index contributed by atoms with van der Waals surface area (Å²) in [5.41, 5.74) is 3.68. The van der Waals surface area contributed by atoms with E-state index in [1.54, 1.807) is 18.4 Å². The van der Waals surface area contributed by atoms with E-state index in [1.165, 1.54) is 11.1 Å². The van der Waals surface area contributed by atoms with Crippen LogP contribution in [-0.2, 0) is 19.5 Å². The van der Waals surface area contributed by atoms with Crippen LogP contribution in [0.2, 0.25) is 0 Å². The summed E-state index contributed by atoms with van der Waals surface area (Å²) in [6, 6.07) is 6.27. The van der Waals surface area contributed by atoms with E-state index in [4.69, 9.17) is 9.72 Å². The van der Waals surface area contributed by atoms with Crippen LogP contribution in [0.5, 0.6) is 5.75 Å². The minimum absolute atomic E-state index is 0.0269. The van der Waals surface area contributed by atoms with Crippen molar-refractivity contribution in [2.75, 3.05) is 13.7 Å². The molecule has 0 unspecified atom stereocenters. The van der Waals surface area contributed by atoms with Crippen molar-refractivity contribution in [3.63, 3.8) is 0 Å². The van der Waals surface area contributed by atoms with Gasteiger partial charge in [-0.3, -0.25) is 9.69 Å². The second-order valence-corrected chi connectivity index (χ2v) is 7.77. The zero-order chi connectivity index (χ0) is 17.6. The molecule has 0 spiro atoms. The van der Waals surface area contributed by atoms with E-state index in [0.717, 1.165) is 51.7 Å². The molecule has 25 heavy (non-hydrogen) atoms. The fourth-order valence-corrected chi connectivity index (χ4v) is 4.49. The van der Waals surface area contributed by atoms with Crippen molar-refractivity contribution in [3.8, 4) is 5.75 Å². The maximum atomic E-state index is 12.4. The minimum Gasteiger partial charge on any atom is -0.497 e. The Bertz CT molecular complexity index is 1010. The molecule has 0 saturated heterocycles. The Kier molecular flexibility index (Phi) is 4.09. The second-order valence-electron chi connectivity index (χ2n) is 6.57. The minimum atomic E-state index is -0.0269. The molecule has 0 fully saturated rings. The Balaban J connectivity index is 1.60. The number of nitrogens with one attached hydrogen (secondary N) is 1. The number of ether oxygens (including phenoxy) is 1. The van der Waals surface area contributed by atoms with Crippen LogP contribution in [0.1, 0.15) is 27.4 Å². The van der Waals surface area contributed by atoms with Crippen molar-refractivity contribution >= 4 is 21.6 Å². The van der Waals surface area contributed by atoms with E-state index in [-0.39, 0.29) is 5.56 Å². The summed E-state index contributed by atoms with van der Waals surface area (Å²) in [4.78, 5) is 24.4. The molecular formula is C19H21N3O2S. The molecule has 130 valence electrons. The first-order chi connectivity index (χ1) is 12.0. The van der Waals surface area contributed by atoms with Crippen LogP contribution in [0.15, 0.2) is 23.0 Å². The largest absolute Gasteiger partial charge is 0.497 e. The number of methoxy groups -OCH3 is 1. The number of aromatic amines is 1. The Morgan fingerprint density at radius 3 is 2.96 bits per heavy atom. The summed E-state index contributed by atoms with van der Waals surface area (Å²) in [6.45, 7) is 6.48. The van der Waals surface area contributed by atoms with Gasteiger partial charge in [0.05, 0.1) is 19.0 Å². The van der Waals surface area contributed by atoms with Crippen molar-refractivity contribution in [3.05, 3.63) is 55.9 Å². The number of rotatable bonds is 3. The average Bonchev–Trinajstić information content (AvgIpc) is 2.88. The molecule has 5 nitrogen and oxygen atoms in total. The number of hydrogen-bond acceptors (Lipinski definition) is 5. The third-order valence-corrected chi connectivity index (χ3v) is 6.07. The van der Waals surface area contributed by atoms with Gasteiger partial charge in [-0.1, -0.05) is 6.07 Å². The van der Waals surface area contributed by atoms with Gasteiger partial charge in [-0.05, 0) is 49.1 Å². The molecule has 3 aromatic rings. The third kappa shape index (κ3) is 2.96.